The number of fused-ring (bicyclic) bond motifs is 1. The van der Waals surface area contributed by atoms with Crippen molar-refractivity contribution in [3.63, 3.8) is 0 Å². The lowest BCUT2D eigenvalue weighted by Gasteiger charge is -2.33. The van der Waals surface area contributed by atoms with Gasteiger partial charge in [0.25, 0.3) is 0 Å². The van der Waals surface area contributed by atoms with E-state index in [1.165, 1.54) is 10.8 Å². The molecular weight excluding hydrogens is 352 g/mol. The zero-order valence-corrected chi connectivity index (χ0v) is 18.6. The number of rotatable bonds is 10. The van der Waals surface area contributed by atoms with Gasteiger partial charge in [0, 0.05) is 7.11 Å². The normalized spacial score (nSPS) is 15.0. The van der Waals surface area contributed by atoms with Crippen LogP contribution < -0.4 is 0 Å². The van der Waals surface area contributed by atoms with Gasteiger partial charge in [-0.15, -0.1) is 0 Å². The minimum Gasteiger partial charge on any atom is -0.543 e. The second kappa shape index (κ2) is 10.1. The molecule has 0 radical (unpaired) electrons. The average Bonchev–Trinajstić information content (AvgIpc) is 2.73. The molecule has 4 heteroatoms. The number of methoxy groups -OCH3 is 1. The first-order valence-corrected chi connectivity index (χ1v) is 12.6. The van der Waals surface area contributed by atoms with Crippen molar-refractivity contribution in [3.05, 3.63) is 59.9 Å². The Bertz CT molecular complexity index is 744. The van der Waals surface area contributed by atoms with Crippen molar-refractivity contribution >= 4 is 19.1 Å². The third-order valence-corrected chi connectivity index (χ3v) is 10.1. The van der Waals surface area contributed by atoms with Gasteiger partial charge in [0.05, 0.1) is 6.10 Å². The van der Waals surface area contributed by atoms with Crippen molar-refractivity contribution in [2.75, 3.05) is 7.11 Å². The van der Waals surface area contributed by atoms with Gasteiger partial charge in [0.2, 0.25) is 14.6 Å². The number of benzene rings is 2. The molecule has 148 valence electrons. The highest BCUT2D eigenvalue weighted by Crippen LogP contribution is 2.30. The van der Waals surface area contributed by atoms with Crippen LogP contribution in [0.5, 0.6) is 0 Å². The molecule has 0 saturated carbocycles. The molecular formula is C23H34O3Si. The van der Waals surface area contributed by atoms with E-state index in [-0.39, 0.29) is 6.10 Å². The van der Waals surface area contributed by atoms with Gasteiger partial charge >= 0.3 is 0 Å². The lowest BCUT2D eigenvalue weighted by Crippen LogP contribution is -2.38. The quantitative estimate of drug-likeness (QED) is 0.255. The summed E-state index contributed by atoms with van der Waals surface area (Å²) in [6.07, 6.45) is 1.40. The second-order valence-corrected chi connectivity index (χ2v) is 11.7. The maximum absolute atomic E-state index is 6.54. The molecule has 2 rings (SSSR count). The van der Waals surface area contributed by atoms with Crippen LogP contribution in [-0.4, -0.2) is 21.7 Å². The van der Waals surface area contributed by atoms with Crippen LogP contribution in [0.25, 0.3) is 10.8 Å². The third kappa shape index (κ3) is 5.22. The summed E-state index contributed by atoms with van der Waals surface area (Å²) in [5, 5.41) is 2.45. The molecule has 3 nitrogen and oxygen atoms in total. The molecule has 1 unspecified atom stereocenters. The number of hydrogen-bond donors (Lipinski definition) is 0. The summed E-state index contributed by atoms with van der Waals surface area (Å²) in [7, 11) is -0.0971. The number of hydrogen-bond acceptors (Lipinski definition) is 3. The van der Waals surface area contributed by atoms with E-state index in [9.17, 15) is 0 Å². The molecule has 0 aliphatic heterocycles. The summed E-state index contributed by atoms with van der Waals surface area (Å²) in [5.74, 6) is 0.808. The average molecular weight is 387 g/mol. The Morgan fingerprint density at radius 1 is 1.00 bits per heavy atom. The predicted octanol–water partition coefficient (Wildman–Crippen LogP) is 6.82. The lowest BCUT2D eigenvalue weighted by molar-refractivity contribution is -0.144. The maximum atomic E-state index is 6.54. The monoisotopic (exact) mass is 386 g/mol. The minimum atomic E-state index is -1.78. The summed E-state index contributed by atoms with van der Waals surface area (Å²) in [6, 6.07) is 18.1. The lowest BCUT2D eigenvalue weighted by atomic mass is 10.0. The van der Waals surface area contributed by atoms with Crippen LogP contribution in [0.4, 0.5) is 0 Å². The van der Waals surface area contributed by atoms with Crippen LogP contribution in [0.1, 0.15) is 46.3 Å². The molecule has 0 spiro atoms. The highest BCUT2D eigenvalue weighted by atomic mass is 28.4. The fourth-order valence-electron chi connectivity index (χ4n) is 3.42. The summed E-state index contributed by atoms with van der Waals surface area (Å²) >= 11 is 0. The SMILES string of the molecule is C/C=C(\O[Si](CC)(CC)CC)C(OC)O[C@H](C)c1ccc2ccccc2c1. The zero-order valence-electron chi connectivity index (χ0n) is 17.6. The molecule has 27 heavy (non-hydrogen) atoms. The molecule has 0 aromatic heterocycles. The maximum Gasteiger partial charge on any atom is 0.250 e. The first kappa shape index (κ1) is 21.7. The van der Waals surface area contributed by atoms with Crippen molar-refractivity contribution in [2.24, 2.45) is 0 Å². The van der Waals surface area contributed by atoms with Crippen molar-refractivity contribution in [1.29, 1.82) is 0 Å². The van der Waals surface area contributed by atoms with Crippen LogP contribution >= 0.6 is 0 Å². The highest BCUT2D eigenvalue weighted by Gasteiger charge is 2.34. The van der Waals surface area contributed by atoms with E-state index in [0.29, 0.717) is 0 Å². The molecule has 0 fully saturated rings. The van der Waals surface area contributed by atoms with Crippen molar-refractivity contribution in [2.45, 2.75) is 65.1 Å². The second-order valence-electron chi connectivity index (χ2n) is 6.99. The number of ether oxygens (including phenoxy) is 2. The minimum absolute atomic E-state index is 0.0981. The molecule has 0 N–H and O–H groups in total. The van der Waals surface area contributed by atoms with E-state index >= 15 is 0 Å². The van der Waals surface area contributed by atoms with Gasteiger partial charge in [-0.3, -0.25) is 0 Å². The largest absolute Gasteiger partial charge is 0.543 e. The fraction of sp³-hybridized carbons (Fsp3) is 0.478. The predicted molar refractivity (Wildman–Crippen MR) is 116 cm³/mol. The highest BCUT2D eigenvalue weighted by molar-refractivity contribution is 6.73. The first-order chi connectivity index (χ1) is 13.0. The van der Waals surface area contributed by atoms with Gasteiger partial charge < -0.3 is 13.9 Å². The summed E-state index contributed by atoms with van der Waals surface area (Å²) in [6.45, 7) is 10.7. The molecule has 0 aliphatic rings. The van der Waals surface area contributed by atoms with Crippen LogP contribution in [-0.2, 0) is 13.9 Å². The topological polar surface area (TPSA) is 27.7 Å². The Labute approximate surface area is 165 Å². The third-order valence-electron chi connectivity index (χ3n) is 5.57. The van der Waals surface area contributed by atoms with Crippen molar-refractivity contribution < 1.29 is 13.9 Å². The van der Waals surface area contributed by atoms with E-state index in [1.807, 2.05) is 13.0 Å². The van der Waals surface area contributed by atoms with E-state index < -0.39 is 14.6 Å². The molecule has 0 amide bonds. The Kier molecular flexibility index (Phi) is 8.08. The van der Waals surface area contributed by atoms with Crippen LogP contribution in [0, 0.1) is 0 Å². The van der Waals surface area contributed by atoms with E-state index in [0.717, 1.165) is 29.5 Å². The van der Waals surface area contributed by atoms with Gasteiger partial charge in [0.15, 0.2) is 0 Å². The smallest absolute Gasteiger partial charge is 0.250 e. The number of allylic oxidation sites excluding steroid dienone is 1. The molecule has 0 bridgehead atoms. The first-order valence-electron chi connectivity index (χ1n) is 10.0. The summed E-state index contributed by atoms with van der Waals surface area (Å²) in [4.78, 5) is 0. The fourth-order valence-corrected chi connectivity index (χ4v) is 6.07. The van der Waals surface area contributed by atoms with Crippen LogP contribution in [0.15, 0.2) is 54.3 Å². The molecule has 0 aliphatic carbocycles. The van der Waals surface area contributed by atoms with Gasteiger partial charge in [0.1, 0.15) is 5.76 Å². The van der Waals surface area contributed by atoms with E-state index in [4.69, 9.17) is 13.9 Å². The summed E-state index contributed by atoms with van der Waals surface area (Å²) < 4.78 is 18.5. The molecule has 0 heterocycles. The zero-order chi connectivity index (χ0) is 19.9. The Morgan fingerprint density at radius 2 is 1.63 bits per heavy atom. The van der Waals surface area contributed by atoms with Gasteiger partial charge in [-0.1, -0.05) is 57.2 Å². The molecule has 2 atom stereocenters. The Balaban J connectivity index is 2.17. The van der Waals surface area contributed by atoms with Gasteiger partial charge in [-0.2, -0.15) is 0 Å². The Hall–Kier alpha value is -1.62. The van der Waals surface area contributed by atoms with E-state index in [2.05, 4.69) is 70.2 Å². The van der Waals surface area contributed by atoms with Crippen LogP contribution in [0.3, 0.4) is 0 Å². The van der Waals surface area contributed by atoms with Gasteiger partial charge in [-0.25, -0.2) is 0 Å². The molecule has 2 aromatic rings. The molecule has 0 saturated heterocycles. The standard InChI is InChI=1S/C23H34O3Si/c1-7-22(26-27(8-2,9-3)10-4)23(24-6)25-18(5)20-16-15-19-13-11-12-14-21(19)17-20/h7,11-18,23H,8-10H2,1-6H3/b22-7-/t18-,23?/m1/s1. The van der Waals surface area contributed by atoms with Crippen molar-refractivity contribution in [1.82, 2.24) is 0 Å². The van der Waals surface area contributed by atoms with Crippen molar-refractivity contribution in [3.8, 4) is 0 Å². The van der Waals surface area contributed by atoms with E-state index in [1.54, 1.807) is 7.11 Å². The Morgan fingerprint density at radius 3 is 2.19 bits per heavy atom. The van der Waals surface area contributed by atoms with Crippen LogP contribution in [0.2, 0.25) is 18.1 Å². The summed E-state index contributed by atoms with van der Waals surface area (Å²) in [5.41, 5.74) is 1.14. The molecule has 2 aromatic carbocycles. The van der Waals surface area contributed by atoms with Gasteiger partial charge in [-0.05, 0) is 60.5 Å².